The predicted molar refractivity (Wildman–Crippen MR) is 68.4 cm³/mol. The first-order valence-electron chi connectivity index (χ1n) is 5.37. The van der Waals surface area contributed by atoms with Gasteiger partial charge >= 0.3 is 0 Å². The van der Waals surface area contributed by atoms with Crippen LogP contribution < -0.4 is 0 Å². The van der Waals surface area contributed by atoms with Crippen molar-refractivity contribution in [1.82, 2.24) is 4.90 Å². The van der Waals surface area contributed by atoms with Crippen LogP contribution in [0.3, 0.4) is 0 Å². The number of hydrogen-bond acceptors (Lipinski definition) is 3. The summed E-state index contributed by atoms with van der Waals surface area (Å²) in [7, 11) is 0. The molecule has 0 saturated heterocycles. The lowest BCUT2D eigenvalue weighted by molar-refractivity contribution is 0.290. The first kappa shape index (κ1) is 13.0. The van der Waals surface area contributed by atoms with Crippen molar-refractivity contribution in [2.45, 2.75) is 6.04 Å². The summed E-state index contributed by atoms with van der Waals surface area (Å²) in [6.07, 6.45) is 3.49. The maximum absolute atomic E-state index is 9.43. The molecular formula is C14H16N2O. The van der Waals surface area contributed by atoms with E-state index in [0.717, 1.165) is 5.56 Å². The van der Waals surface area contributed by atoms with Gasteiger partial charge in [0.05, 0.1) is 6.07 Å². The van der Waals surface area contributed by atoms with Crippen molar-refractivity contribution >= 4 is 0 Å². The van der Waals surface area contributed by atoms with Crippen LogP contribution in [0.2, 0.25) is 0 Å². The van der Waals surface area contributed by atoms with Crippen LogP contribution in [0.25, 0.3) is 0 Å². The van der Waals surface area contributed by atoms with Gasteiger partial charge in [-0.05, 0) is 17.7 Å². The van der Waals surface area contributed by atoms with E-state index in [1.807, 2.05) is 11.0 Å². The topological polar surface area (TPSA) is 47.3 Å². The summed E-state index contributed by atoms with van der Waals surface area (Å²) in [4.78, 5) is 1.93. The zero-order chi connectivity index (χ0) is 12.7. The molecule has 0 aromatic heterocycles. The van der Waals surface area contributed by atoms with Crippen LogP contribution in [0.4, 0.5) is 0 Å². The first-order chi connectivity index (χ1) is 8.22. The highest BCUT2D eigenvalue weighted by molar-refractivity contribution is 5.32. The minimum atomic E-state index is -0.405. The van der Waals surface area contributed by atoms with E-state index < -0.39 is 6.04 Å². The third-order valence-corrected chi connectivity index (χ3v) is 2.40. The molecule has 0 amide bonds. The molecule has 17 heavy (non-hydrogen) atoms. The molecule has 0 spiro atoms. The van der Waals surface area contributed by atoms with E-state index in [0.29, 0.717) is 13.1 Å². The normalized spacial score (nSPS) is 11.8. The van der Waals surface area contributed by atoms with Gasteiger partial charge in [-0.15, -0.1) is 13.2 Å². The van der Waals surface area contributed by atoms with Gasteiger partial charge in [0, 0.05) is 13.1 Å². The molecule has 0 bridgehead atoms. The van der Waals surface area contributed by atoms with Gasteiger partial charge in [0.15, 0.2) is 0 Å². The smallest absolute Gasteiger partial charge is 0.124 e. The van der Waals surface area contributed by atoms with E-state index in [1.54, 1.807) is 30.4 Å². The Labute approximate surface area is 102 Å². The minimum Gasteiger partial charge on any atom is -0.508 e. The Kier molecular flexibility index (Phi) is 4.99. The van der Waals surface area contributed by atoms with Crippen molar-refractivity contribution in [3.05, 3.63) is 55.1 Å². The molecule has 0 aliphatic carbocycles. The number of phenols is 1. The Morgan fingerprint density at radius 1 is 1.35 bits per heavy atom. The van der Waals surface area contributed by atoms with Gasteiger partial charge in [-0.3, -0.25) is 4.90 Å². The summed E-state index contributed by atoms with van der Waals surface area (Å²) >= 11 is 0. The average Bonchev–Trinajstić information content (AvgIpc) is 2.31. The van der Waals surface area contributed by atoms with E-state index >= 15 is 0 Å². The number of phenolic OH excluding ortho intramolecular Hbond substituents is 1. The van der Waals surface area contributed by atoms with Crippen LogP contribution in [0, 0.1) is 11.3 Å². The van der Waals surface area contributed by atoms with Crippen LogP contribution >= 0.6 is 0 Å². The average molecular weight is 228 g/mol. The van der Waals surface area contributed by atoms with Crippen LogP contribution in [0.1, 0.15) is 11.6 Å². The Morgan fingerprint density at radius 2 is 2.00 bits per heavy atom. The Balaban J connectivity index is 2.99. The van der Waals surface area contributed by atoms with Crippen molar-refractivity contribution in [2.24, 2.45) is 0 Å². The molecule has 1 aromatic rings. The van der Waals surface area contributed by atoms with Crippen molar-refractivity contribution in [1.29, 1.82) is 5.26 Å². The fraction of sp³-hybridized carbons (Fsp3) is 0.214. The van der Waals surface area contributed by atoms with Gasteiger partial charge < -0.3 is 5.11 Å². The molecule has 1 aromatic carbocycles. The summed E-state index contributed by atoms with van der Waals surface area (Å²) in [5, 5.41) is 18.7. The zero-order valence-electron chi connectivity index (χ0n) is 9.71. The molecule has 0 aliphatic heterocycles. The highest BCUT2D eigenvalue weighted by Gasteiger charge is 2.18. The summed E-state index contributed by atoms with van der Waals surface area (Å²) in [5.41, 5.74) is 0.774. The summed E-state index contributed by atoms with van der Waals surface area (Å²) in [6, 6.07) is 8.58. The predicted octanol–water partition coefficient (Wildman–Crippen LogP) is 2.63. The fourth-order valence-corrected chi connectivity index (χ4v) is 1.68. The summed E-state index contributed by atoms with van der Waals surface area (Å²) in [5.74, 6) is 0.167. The molecule has 3 heteroatoms. The Bertz CT molecular complexity index is 424. The third-order valence-electron chi connectivity index (χ3n) is 2.40. The maximum atomic E-state index is 9.43. The van der Waals surface area contributed by atoms with Gasteiger partial charge in [-0.25, -0.2) is 0 Å². The number of hydrogen-bond donors (Lipinski definition) is 1. The monoisotopic (exact) mass is 228 g/mol. The van der Waals surface area contributed by atoms with Gasteiger partial charge in [0.25, 0.3) is 0 Å². The van der Waals surface area contributed by atoms with Crippen LogP contribution in [-0.2, 0) is 0 Å². The zero-order valence-corrected chi connectivity index (χ0v) is 9.71. The quantitative estimate of drug-likeness (QED) is 0.761. The van der Waals surface area contributed by atoms with Crippen LogP contribution in [-0.4, -0.2) is 23.1 Å². The molecule has 1 unspecified atom stereocenters. The first-order valence-corrected chi connectivity index (χ1v) is 5.37. The number of benzene rings is 1. The second kappa shape index (κ2) is 6.51. The fourth-order valence-electron chi connectivity index (χ4n) is 1.68. The second-order valence-corrected chi connectivity index (χ2v) is 3.66. The van der Waals surface area contributed by atoms with E-state index in [4.69, 9.17) is 0 Å². The largest absolute Gasteiger partial charge is 0.508 e. The Hall–Kier alpha value is -2.05. The molecule has 0 fully saturated rings. The summed E-state index contributed by atoms with van der Waals surface area (Å²) in [6.45, 7) is 8.55. The molecule has 1 N–H and O–H groups in total. The van der Waals surface area contributed by atoms with E-state index in [2.05, 4.69) is 19.2 Å². The van der Waals surface area contributed by atoms with Crippen molar-refractivity contribution in [3.8, 4) is 11.8 Å². The number of aromatic hydroxyl groups is 1. The standard InChI is InChI=1S/C14H16N2O/c1-3-8-16(9-4-2)14(11-15)12-6-5-7-13(17)10-12/h3-7,10,14,17H,1-2,8-9H2. The van der Waals surface area contributed by atoms with Gasteiger partial charge in [0.2, 0.25) is 0 Å². The van der Waals surface area contributed by atoms with Gasteiger partial charge in [-0.1, -0.05) is 24.3 Å². The molecule has 0 saturated carbocycles. The third kappa shape index (κ3) is 3.47. The van der Waals surface area contributed by atoms with Crippen molar-refractivity contribution in [2.75, 3.05) is 13.1 Å². The second-order valence-electron chi connectivity index (χ2n) is 3.66. The highest BCUT2D eigenvalue weighted by Crippen LogP contribution is 2.23. The maximum Gasteiger partial charge on any atom is 0.124 e. The summed E-state index contributed by atoms with van der Waals surface area (Å²) < 4.78 is 0. The molecule has 3 nitrogen and oxygen atoms in total. The molecule has 0 heterocycles. The SMILES string of the molecule is C=CCN(CC=C)C(C#N)c1cccc(O)c1. The van der Waals surface area contributed by atoms with Crippen molar-refractivity contribution in [3.63, 3.8) is 0 Å². The van der Waals surface area contributed by atoms with E-state index in [-0.39, 0.29) is 5.75 Å². The van der Waals surface area contributed by atoms with E-state index in [9.17, 15) is 10.4 Å². The highest BCUT2D eigenvalue weighted by atomic mass is 16.3. The number of nitrogens with zero attached hydrogens (tertiary/aromatic N) is 2. The lowest BCUT2D eigenvalue weighted by Crippen LogP contribution is -2.28. The molecule has 0 aliphatic rings. The molecule has 88 valence electrons. The lowest BCUT2D eigenvalue weighted by Gasteiger charge is -2.24. The van der Waals surface area contributed by atoms with Crippen LogP contribution in [0.5, 0.6) is 5.75 Å². The van der Waals surface area contributed by atoms with Gasteiger partial charge in [-0.2, -0.15) is 5.26 Å². The number of nitriles is 1. The molecule has 1 atom stereocenters. The Morgan fingerprint density at radius 3 is 2.47 bits per heavy atom. The molecular weight excluding hydrogens is 212 g/mol. The van der Waals surface area contributed by atoms with Crippen molar-refractivity contribution < 1.29 is 5.11 Å². The molecule has 1 rings (SSSR count). The number of rotatable bonds is 6. The lowest BCUT2D eigenvalue weighted by atomic mass is 10.1. The van der Waals surface area contributed by atoms with E-state index in [1.165, 1.54) is 0 Å². The van der Waals surface area contributed by atoms with Gasteiger partial charge in [0.1, 0.15) is 11.8 Å². The molecule has 0 radical (unpaired) electrons. The van der Waals surface area contributed by atoms with Crippen LogP contribution in [0.15, 0.2) is 49.6 Å². The minimum absolute atomic E-state index is 0.167.